The number of piperazine rings is 1. The van der Waals surface area contributed by atoms with E-state index >= 15 is 0 Å². The van der Waals surface area contributed by atoms with E-state index in [1.807, 2.05) is 12.1 Å². The van der Waals surface area contributed by atoms with E-state index in [1.165, 1.54) is 45.4 Å². The first kappa shape index (κ1) is 20.3. The van der Waals surface area contributed by atoms with Crippen LogP contribution in [0.3, 0.4) is 0 Å². The van der Waals surface area contributed by atoms with Crippen LogP contribution in [0.25, 0.3) is 11.0 Å². The molecular formula is C21H31Cl2N5. The van der Waals surface area contributed by atoms with E-state index in [9.17, 15) is 0 Å². The summed E-state index contributed by atoms with van der Waals surface area (Å²) in [6, 6.07) is 4.31. The van der Waals surface area contributed by atoms with Crippen LogP contribution in [0.2, 0.25) is 10.0 Å². The van der Waals surface area contributed by atoms with Crippen molar-refractivity contribution in [1.82, 2.24) is 19.8 Å². The molecule has 7 heteroatoms. The van der Waals surface area contributed by atoms with Gasteiger partial charge in [-0.3, -0.25) is 0 Å². The van der Waals surface area contributed by atoms with Gasteiger partial charge in [-0.2, -0.15) is 0 Å². The second-order valence-corrected chi connectivity index (χ2v) is 9.42. The fourth-order valence-electron chi connectivity index (χ4n) is 4.59. The molecule has 0 radical (unpaired) electrons. The highest BCUT2D eigenvalue weighted by molar-refractivity contribution is 6.42. The van der Waals surface area contributed by atoms with Crippen molar-refractivity contribution in [1.29, 1.82) is 0 Å². The molecule has 2 aromatic rings. The number of hydrogen-bond donors (Lipinski definition) is 1. The third-order valence-corrected chi connectivity index (χ3v) is 7.08. The molecule has 1 aliphatic carbocycles. The Kier molecular flexibility index (Phi) is 6.36. The van der Waals surface area contributed by atoms with Gasteiger partial charge in [0, 0.05) is 38.8 Å². The van der Waals surface area contributed by atoms with E-state index < -0.39 is 0 Å². The lowest BCUT2D eigenvalue weighted by atomic mass is 10.1. The second-order valence-electron chi connectivity index (χ2n) is 8.61. The summed E-state index contributed by atoms with van der Waals surface area (Å²) in [4.78, 5) is 15.9. The van der Waals surface area contributed by atoms with E-state index in [0.717, 1.165) is 42.4 Å². The molecule has 5 nitrogen and oxygen atoms in total. The Bertz CT molecular complexity index is 760. The van der Waals surface area contributed by atoms with Crippen LogP contribution in [-0.2, 0) is 0 Å². The van der Waals surface area contributed by atoms with Crippen molar-refractivity contribution in [2.75, 3.05) is 51.2 Å². The van der Waals surface area contributed by atoms with Crippen LogP contribution in [0.5, 0.6) is 0 Å². The SMILES string of the molecule is CC1CC[C@@H](N(CCCN2CCN(C)CC2)c2nc3cc(Cl)c(Cl)cc3[nH]2)C1. The molecule has 0 spiro atoms. The van der Waals surface area contributed by atoms with Gasteiger partial charge in [-0.15, -0.1) is 0 Å². The Morgan fingerprint density at radius 3 is 2.61 bits per heavy atom. The number of halogens is 2. The van der Waals surface area contributed by atoms with Gasteiger partial charge in [0.1, 0.15) is 0 Å². The van der Waals surface area contributed by atoms with Crippen molar-refractivity contribution in [2.45, 2.75) is 38.6 Å². The Labute approximate surface area is 178 Å². The molecule has 2 atom stereocenters. The molecule has 1 aliphatic heterocycles. The van der Waals surface area contributed by atoms with Crippen molar-refractivity contribution in [3.8, 4) is 0 Å². The molecule has 1 aromatic carbocycles. The number of anilines is 1. The summed E-state index contributed by atoms with van der Waals surface area (Å²) in [5.41, 5.74) is 1.85. The Morgan fingerprint density at radius 1 is 1.14 bits per heavy atom. The lowest BCUT2D eigenvalue weighted by molar-refractivity contribution is 0.153. The zero-order chi connectivity index (χ0) is 19.7. The van der Waals surface area contributed by atoms with Gasteiger partial charge in [0.2, 0.25) is 5.95 Å². The summed E-state index contributed by atoms with van der Waals surface area (Å²) in [7, 11) is 2.21. The molecule has 0 bridgehead atoms. The maximum absolute atomic E-state index is 6.20. The summed E-state index contributed by atoms with van der Waals surface area (Å²) in [6.07, 6.45) is 4.95. The number of aromatic amines is 1. The highest BCUT2D eigenvalue weighted by Gasteiger charge is 2.29. The standard InChI is InChI=1S/C21H31Cl2N5/c1-15-4-5-16(12-15)28(7-3-6-27-10-8-26(2)9-11-27)21-24-19-13-17(22)18(23)14-20(19)25-21/h13-16H,3-12H2,1-2H3,(H,24,25)/t15?,16-/m1/s1. The number of aromatic nitrogens is 2. The minimum Gasteiger partial charge on any atom is -0.339 e. The number of nitrogens with one attached hydrogen (secondary N) is 1. The average Bonchev–Trinajstić information content (AvgIpc) is 3.27. The highest BCUT2D eigenvalue weighted by Crippen LogP contribution is 2.33. The maximum Gasteiger partial charge on any atom is 0.204 e. The topological polar surface area (TPSA) is 38.4 Å². The molecule has 1 N–H and O–H groups in total. The number of fused-ring (bicyclic) bond motifs is 1. The molecule has 1 unspecified atom stereocenters. The summed E-state index contributed by atoms with van der Waals surface area (Å²) >= 11 is 12.4. The van der Waals surface area contributed by atoms with E-state index in [-0.39, 0.29) is 0 Å². The molecule has 1 saturated carbocycles. The van der Waals surface area contributed by atoms with Crippen LogP contribution < -0.4 is 4.90 Å². The van der Waals surface area contributed by atoms with Gasteiger partial charge >= 0.3 is 0 Å². The van der Waals surface area contributed by atoms with Gasteiger partial charge in [-0.05, 0) is 57.3 Å². The van der Waals surface area contributed by atoms with E-state index in [4.69, 9.17) is 28.2 Å². The number of nitrogens with zero attached hydrogens (tertiary/aromatic N) is 4. The fourth-order valence-corrected chi connectivity index (χ4v) is 4.91. The van der Waals surface area contributed by atoms with E-state index in [1.54, 1.807) is 0 Å². The first-order valence-electron chi connectivity index (χ1n) is 10.5. The molecule has 2 aliphatic rings. The predicted molar refractivity (Wildman–Crippen MR) is 119 cm³/mol. The molecule has 2 heterocycles. The summed E-state index contributed by atoms with van der Waals surface area (Å²) in [5.74, 6) is 1.75. The quantitative estimate of drug-likeness (QED) is 0.741. The van der Waals surface area contributed by atoms with Crippen LogP contribution in [0.15, 0.2) is 12.1 Å². The van der Waals surface area contributed by atoms with Crippen LogP contribution >= 0.6 is 23.2 Å². The van der Waals surface area contributed by atoms with Crippen molar-refractivity contribution in [3.05, 3.63) is 22.2 Å². The number of hydrogen-bond acceptors (Lipinski definition) is 4. The molecule has 1 saturated heterocycles. The Balaban J connectivity index is 1.47. The first-order valence-corrected chi connectivity index (χ1v) is 11.3. The third kappa shape index (κ3) is 4.59. The molecule has 4 rings (SSSR count). The van der Waals surface area contributed by atoms with Crippen LogP contribution in [-0.4, -0.2) is 72.1 Å². The van der Waals surface area contributed by atoms with E-state index in [2.05, 4.69) is 33.7 Å². The zero-order valence-corrected chi connectivity index (χ0v) is 18.4. The van der Waals surface area contributed by atoms with Crippen molar-refractivity contribution < 1.29 is 0 Å². The minimum atomic E-state index is 0.559. The molecule has 2 fully saturated rings. The van der Waals surface area contributed by atoms with Gasteiger partial charge in [0.05, 0.1) is 21.1 Å². The molecular weight excluding hydrogens is 393 g/mol. The van der Waals surface area contributed by atoms with Crippen LogP contribution in [0.1, 0.15) is 32.6 Å². The molecule has 1 aromatic heterocycles. The van der Waals surface area contributed by atoms with Gasteiger partial charge in [0.15, 0.2) is 0 Å². The van der Waals surface area contributed by atoms with E-state index in [0.29, 0.717) is 16.1 Å². The van der Waals surface area contributed by atoms with Crippen LogP contribution in [0.4, 0.5) is 5.95 Å². The summed E-state index contributed by atoms with van der Waals surface area (Å²) < 4.78 is 0. The monoisotopic (exact) mass is 423 g/mol. The predicted octanol–water partition coefficient (Wildman–Crippen LogP) is 4.50. The number of likely N-dealkylation sites (N-methyl/N-ethyl adjacent to an activating group) is 1. The Hall–Kier alpha value is -1.01. The van der Waals surface area contributed by atoms with Gasteiger partial charge in [-0.25, -0.2) is 4.98 Å². The Morgan fingerprint density at radius 2 is 1.89 bits per heavy atom. The number of H-pyrrole nitrogens is 1. The smallest absolute Gasteiger partial charge is 0.204 e. The highest BCUT2D eigenvalue weighted by atomic mass is 35.5. The maximum atomic E-state index is 6.20. The largest absolute Gasteiger partial charge is 0.339 e. The second kappa shape index (κ2) is 8.78. The number of benzene rings is 1. The normalized spacial score (nSPS) is 24.3. The van der Waals surface area contributed by atoms with Gasteiger partial charge < -0.3 is 19.7 Å². The third-order valence-electron chi connectivity index (χ3n) is 6.36. The van der Waals surface area contributed by atoms with Crippen molar-refractivity contribution in [3.63, 3.8) is 0 Å². The zero-order valence-electron chi connectivity index (χ0n) is 16.9. The number of imidazole rings is 1. The fraction of sp³-hybridized carbons (Fsp3) is 0.667. The minimum absolute atomic E-state index is 0.559. The first-order chi connectivity index (χ1) is 13.5. The molecule has 154 valence electrons. The lowest BCUT2D eigenvalue weighted by Crippen LogP contribution is -2.45. The van der Waals surface area contributed by atoms with Crippen LogP contribution in [0, 0.1) is 5.92 Å². The lowest BCUT2D eigenvalue weighted by Gasteiger charge is -2.34. The van der Waals surface area contributed by atoms with Crippen molar-refractivity contribution in [2.24, 2.45) is 5.92 Å². The van der Waals surface area contributed by atoms with Gasteiger partial charge in [0.25, 0.3) is 0 Å². The summed E-state index contributed by atoms with van der Waals surface area (Å²) in [5, 5.41) is 1.13. The average molecular weight is 424 g/mol. The van der Waals surface area contributed by atoms with Gasteiger partial charge in [-0.1, -0.05) is 30.1 Å². The number of rotatable bonds is 6. The molecule has 0 amide bonds. The molecule has 28 heavy (non-hydrogen) atoms. The summed E-state index contributed by atoms with van der Waals surface area (Å²) in [6.45, 7) is 9.26. The van der Waals surface area contributed by atoms with Crippen molar-refractivity contribution >= 4 is 40.2 Å².